The number of benzene rings is 2. The minimum Gasteiger partial charge on any atom is -0.301 e. The van der Waals surface area contributed by atoms with E-state index in [4.69, 9.17) is 4.98 Å². The van der Waals surface area contributed by atoms with Crippen molar-refractivity contribution in [1.82, 2.24) is 9.97 Å². The third kappa shape index (κ3) is 3.95. The topological polar surface area (TPSA) is 45.8 Å². The van der Waals surface area contributed by atoms with E-state index in [-0.39, 0.29) is 5.56 Å². The number of nitrogens with one attached hydrogen (secondary N) is 1. The van der Waals surface area contributed by atoms with Gasteiger partial charge in [0.05, 0.1) is 5.69 Å². The monoisotopic (exact) mass is 336 g/mol. The molecule has 3 rings (SSSR count). The fourth-order valence-electron chi connectivity index (χ4n) is 2.67. The highest BCUT2D eigenvalue weighted by Crippen LogP contribution is 2.26. The van der Waals surface area contributed by atoms with Crippen LogP contribution in [-0.4, -0.2) is 9.97 Å². The highest BCUT2D eigenvalue weighted by Gasteiger charge is 2.10. The average molecular weight is 336 g/mol. The molecule has 3 aromatic rings. The quantitative estimate of drug-likeness (QED) is 0.717. The van der Waals surface area contributed by atoms with Crippen LogP contribution in [0.2, 0.25) is 0 Å². The molecular formula is C20H20N2OS. The molecule has 0 spiro atoms. The minimum absolute atomic E-state index is 0.0668. The minimum atomic E-state index is -0.0668. The number of hydrogen-bond acceptors (Lipinski definition) is 3. The zero-order valence-corrected chi connectivity index (χ0v) is 14.9. The smallest absolute Gasteiger partial charge is 0.254 e. The summed E-state index contributed by atoms with van der Waals surface area (Å²) in [5.41, 5.74) is 5.01. The van der Waals surface area contributed by atoms with Crippen LogP contribution in [0.5, 0.6) is 0 Å². The van der Waals surface area contributed by atoms with Crippen LogP contribution in [-0.2, 0) is 6.42 Å². The fourth-order valence-corrected chi connectivity index (χ4v) is 3.68. The molecule has 4 heteroatoms. The lowest BCUT2D eigenvalue weighted by molar-refractivity contribution is 0.858. The van der Waals surface area contributed by atoms with E-state index >= 15 is 0 Å². The molecule has 0 saturated carbocycles. The van der Waals surface area contributed by atoms with Gasteiger partial charge in [0.2, 0.25) is 0 Å². The Kier molecular flexibility index (Phi) is 4.86. The number of nitrogens with zero attached hydrogens (tertiary/aromatic N) is 1. The van der Waals surface area contributed by atoms with E-state index in [0.29, 0.717) is 17.1 Å². The van der Waals surface area contributed by atoms with Crippen molar-refractivity contribution in [2.45, 2.75) is 37.2 Å². The number of aromatic nitrogens is 2. The molecule has 0 atom stereocenters. The van der Waals surface area contributed by atoms with Crippen LogP contribution in [0, 0.1) is 20.8 Å². The molecule has 122 valence electrons. The van der Waals surface area contributed by atoms with Gasteiger partial charge in [-0.2, -0.15) is 0 Å². The molecule has 0 aliphatic heterocycles. The molecule has 2 aromatic carbocycles. The summed E-state index contributed by atoms with van der Waals surface area (Å²) in [6.45, 7) is 5.97. The van der Waals surface area contributed by atoms with Crippen molar-refractivity contribution in [3.63, 3.8) is 0 Å². The molecule has 0 amide bonds. The van der Waals surface area contributed by atoms with Gasteiger partial charge in [0, 0.05) is 16.9 Å². The SMILES string of the molecule is Cc1cc(C)cc(Sc2nc(Cc3ccccc3)c(C)c(=O)[nH]2)c1. The molecular weight excluding hydrogens is 316 g/mol. The summed E-state index contributed by atoms with van der Waals surface area (Å²) < 4.78 is 0. The average Bonchev–Trinajstić information content (AvgIpc) is 2.52. The summed E-state index contributed by atoms with van der Waals surface area (Å²) in [5.74, 6) is 0. The van der Waals surface area contributed by atoms with Gasteiger partial charge in [-0.25, -0.2) is 4.98 Å². The third-order valence-electron chi connectivity index (χ3n) is 3.85. The number of aromatic amines is 1. The van der Waals surface area contributed by atoms with Crippen LogP contribution in [0.1, 0.15) is 27.9 Å². The van der Waals surface area contributed by atoms with Crippen molar-refractivity contribution in [1.29, 1.82) is 0 Å². The van der Waals surface area contributed by atoms with Gasteiger partial charge in [0.25, 0.3) is 5.56 Å². The second kappa shape index (κ2) is 7.05. The maximum atomic E-state index is 12.3. The lowest BCUT2D eigenvalue weighted by Crippen LogP contribution is -2.16. The maximum Gasteiger partial charge on any atom is 0.254 e. The van der Waals surface area contributed by atoms with Gasteiger partial charge in [0.15, 0.2) is 5.16 Å². The largest absolute Gasteiger partial charge is 0.301 e. The highest BCUT2D eigenvalue weighted by atomic mass is 32.2. The van der Waals surface area contributed by atoms with E-state index in [1.54, 1.807) is 0 Å². The summed E-state index contributed by atoms with van der Waals surface area (Å²) in [7, 11) is 0. The number of hydrogen-bond donors (Lipinski definition) is 1. The van der Waals surface area contributed by atoms with Crippen molar-refractivity contribution in [2.75, 3.05) is 0 Å². The van der Waals surface area contributed by atoms with Crippen LogP contribution >= 0.6 is 11.8 Å². The van der Waals surface area contributed by atoms with Crippen molar-refractivity contribution in [3.8, 4) is 0 Å². The van der Waals surface area contributed by atoms with E-state index in [0.717, 1.165) is 16.2 Å². The highest BCUT2D eigenvalue weighted by molar-refractivity contribution is 7.99. The lowest BCUT2D eigenvalue weighted by Gasteiger charge is -2.08. The summed E-state index contributed by atoms with van der Waals surface area (Å²) in [6.07, 6.45) is 0.664. The standard InChI is InChI=1S/C20H20N2OS/c1-13-9-14(2)11-17(10-13)24-20-21-18(15(3)19(23)22-20)12-16-7-5-4-6-8-16/h4-11H,12H2,1-3H3,(H,21,22,23). The normalized spacial score (nSPS) is 10.8. The van der Waals surface area contributed by atoms with Crippen molar-refractivity contribution in [3.05, 3.63) is 86.8 Å². The van der Waals surface area contributed by atoms with E-state index < -0.39 is 0 Å². The molecule has 0 unspecified atom stereocenters. The predicted octanol–water partition coefficient (Wildman–Crippen LogP) is 4.44. The van der Waals surface area contributed by atoms with Crippen LogP contribution in [0.25, 0.3) is 0 Å². The van der Waals surface area contributed by atoms with Gasteiger partial charge in [-0.05, 0) is 49.6 Å². The molecule has 24 heavy (non-hydrogen) atoms. The zero-order valence-electron chi connectivity index (χ0n) is 14.1. The van der Waals surface area contributed by atoms with E-state index in [2.05, 4.69) is 49.2 Å². The molecule has 0 radical (unpaired) electrons. The van der Waals surface area contributed by atoms with E-state index in [1.165, 1.54) is 22.9 Å². The van der Waals surface area contributed by atoms with Gasteiger partial charge in [-0.3, -0.25) is 4.79 Å². The first kappa shape index (κ1) is 16.5. The molecule has 0 aliphatic rings. The first-order chi connectivity index (χ1) is 11.5. The Balaban J connectivity index is 1.93. The maximum absolute atomic E-state index is 12.3. The van der Waals surface area contributed by atoms with Gasteiger partial charge in [-0.1, -0.05) is 48.2 Å². The summed E-state index contributed by atoms with van der Waals surface area (Å²) in [4.78, 5) is 20.9. The predicted molar refractivity (Wildman–Crippen MR) is 98.9 cm³/mol. The van der Waals surface area contributed by atoms with Gasteiger partial charge in [0.1, 0.15) is 0 Å². The summed E-state index contributed by atoms with van der Waals surface area (Å²) in [6, 6.07) is 16.5. The van der Waals surface area contributed by atoms with Gasteiger partial charge < -0.3 is 4.98 Å². The molecule has 3 nitrogen and oxygen atoms in total. The molecule has 0 saturated heterocycles. The first-order valence-corrected chi connectivity index (χ1v) is 8.73. The van der Waals surface area contributed by atoms with Crippen LogP contribution in [0.3, 0.4) is 0 Å². The number of aryl methyl sites for hydroxylation is 2. The van der Waals surface area contributed by atoms with Crippen molar-refractivity contribution in [2.24, 2.45) is 0 Å². The summed E-state index contributed by atoms with van der Waals surface area (Å²) >= 11 is 1.50. The molecule has 0 bridgehead atoms. The Hall–Kier alpha value is -2.33. The molecule has 1 aromatic heterocycles. The Bertz CT molecular complexity index is 896. The lowest BCUT2D eigenvalue weighted by atomic mass is 10.1. The van der Waals surface area contributed by atoms with Crippen molar-refractivity contribution >= 4 is 11.8 Å². The van der Waals surface area contributed by atoms with Crippen LogP contribution in [0.4, 0.5) is 0 Å². The molecule has 0 aliphatic carbocycles. The molecule has 0 fully saturated rings. The Morgan fingerprint density at radius 2 is 1.67 bits per heavy atom. The first-order valence-electron chi connectivity index (χ1n) is 7.91. The Morgan fingerprint density at radius 1 is 1.00 bits per heavy atom. The van der Waals surface area contributed by atoms with Crippen LogP contribution in [0.15, 0.2) is 63.4 Å². The van der Waals surface area contributed by atoms with E-state index in [1.807, 2.05) is 25.1 Å². The Morgan fingerprint density at radius 3 is 2.33 bits per heavy atom. The zero-order chi connectivity index (χ0) is 17.1. The van der Waals surface area contributed by atoms with Crippen molar-refractivity contribution < 1.29 is 0 Å². The number of rotatable bonds is 4. The summed E-state index contributed by atoms with van der Waals surface area (Å²) in [5, 5.41) is 0.640. The number of H-pyrrole nitrogens is 1. The van der Waals surface area contributed by atoms with Gasteiger partial charge >= 0.3 is 0 Å². The van der Waals surface area contributed by atoms with Crippen LogP contribution < -0.4 is 5.56 Å². The molecule has 1 heterocycles. The Labute approximate surface area is 146 Å². The molecule has 1 N–H and O–H groups in total. The second-order valence-electron chi connectivity index (χ2n) is 6.03. The second-order valence-corrected chi connectivity index (χ2v) is 7.09. The fraction of sp³-hybridized carbons (Fsp3) is 0.200. The van der Waals surface area contributed by atoms with E-state index in [9.17, 15) is 4.79 Å². The third-order valence-corrected chi connectivity index (χ3v) is 4.71. The van der Waals surface area contributed by atoms with Gasteiger partial charge in [-0.15, -0.1) is 0 Å².